The summed E-state index contributed by atoms with van der Waals surface area (Å²) >= 11 is 1.58. The molecular formula is C25H29N5O4S2. The van der Waals surface area contributed by atoms with E-state index in [0.29, 0.717) is 35.8 Å². The Hall–Kier alpha value is -3.17. The third-order valence-electron chi connectivity index (χ3n) is 5.25. The van der Waals surface area contributed by atoms with Crippen LogP contribution in [0.2, 0.25) is 0 Å². The monoisotopic (exact) mass is 527 g/mol. The maximum atomic E-state index is 12.0. The lowest BCUT2D eigenvalue weighted by Crippen LogP contribution is -2.46. The number of benzene rings is 1. The molecule has 0 radical (unpaired) electrons. The zero-order valence-electron chi connectivity index (χ0n) is 20.7. The SMILES string of the molecule is CCOCc1nc2c(N)nc3cc(OCC#Cc4cccs4)ccc3c2n1CC(C)(C)NS(C)(=O)=O. The fraction of sp³-hybridized carbons (Fsp3) is 0.360. The van der Waals surface area contributed by atoms with Crippen LogP contribution in [0.4, 0.5) is 5.82 Å². The molecule has 3 aromatic heterocycles. The molecule has 0 amide bonds. The highest BCUT2D eigenvalue weighted by molar-refractivity contribution is 7.88. The predicted octanol–water partition coefficient (Wildman–Crippen LogP) is 3.52. The molecule has 0 spiro atoms. The number of nitrogens with zero attached hydrogens (tertiary/aromatic N) is 3. The molecule has 190 valence electrons. The summed E-state index contributed by atoms with van der Waals surface area (Å²) in [6, 6.07) is 9.50. The van der Waals surface area contributed by atoms with Crippen molar-refractivity contribution in [2.75, 3.05) is 25.2 Å². The summed E-state index contributed by atoms with van der Waals surface area (Å²) in [5.41, 5.74) is 7.48. The van der Waals surface area contributed by atoms with Gasteiger partial charge in [0.05, 0.1) is 22.2 Å². The molecule has 4 aromatic rings. The van der Waals surface area contributed by atoms with Crippen LogP contribution in [0.25, 0.3) is 21.9 Å². The number of anilines is 1. The molecule has 0 aliphatic heterocycles. The van der Waals surface area contributed by atoms with Gasteiger partial charge in [-0.3, -0.25) is 0 Å². The minimum absolute atomic E-state index is 0.239. The molecule has 0 saturated carbocycles. The van der Waals surface area contributed by atoms with Gasteiger partial charge in [0.1, 0.15) is 30.3 Å². The lowest BCUT2D eigenvalue weighted by molar-refractivity contribution is 0.125. The maximum Gasteiger partial charge on any atom is 0.209 e. The first-order valence-corrected chi connectivity index (χ1v) is 14.1. The van der Waals surface area contributed by atoms with Gasteiger partial charge in [0.15, 0.2) is 5.82 Å². The minimum atomic E-state index is -3.43. The second-order valence-electron chi connectivity index (χ2n) is 8.95. The van der Waals surface area contributed by atoms with Crippen molar-refractivity contribution in [3.8, 4) is 17.6 Å². The topological polar surface area (TPSA) is 121 Å². The van der Waals surface area contributed by atoms with Crippen LogP contribution < -0.4 is 15.2 Å². The van der Waals surface area contributed by atoms with Crippen LogP contribution in [-0.2, 0) is 27.9 Å². The summed E-state index contributed by atoms with van der Waals surface area (Å²) in [5, 5.41) is 2.80. The van der Waals surface area contributed by atoms with Gasteiger partial charge >= 0.3 is 0 Å². The number of aromatic nitrogens is 3. The van der Waals surface area contributed by atoms with Gasteiger partial charge in [0, 0.05) is 30.1 Å². The quantitative estimate of drug-likeness (QED) is 0.319. The Kier molecular flexibility index (Phi) is 7.51. The number of nitrogens with two attached hydrogens (primary N) is 1. The zero-order chi connectivity index (χ0) is 25.9. The minimum Gasteiger partial charge on any atom is -0.481 e. The average molecular weight is 528 g/mol. The summed E-state index contributed by atoms with van der Waals surface area (Å²) in [4.78, 5) is 10.3. The van der Waals surface area contributed by atoms with Crippen LogP contribution in [0.1, 0.15) is 31.5 Å². The van der Waals surface area contributed by atoms with E-state index >= 15 is 0 Å². The first-order chi connectivity index (χ1) is 17.1. The van der Waals surface area contributed by atoms with E-state index in [0.717, 1.165) is 22.0 Å². The Morgan fingerprint density at radius 1 is 1.25 bits per heavy atom. The van der Waals surface area contributed by atoms with Gasteiger partial charge in [0.25, 0.3) is 0 Å². The van der Waals surface area contributed by atoms with E-state index in [1.54, 1.807) is 11.3 Å². The Labute approximate surface area is 214 Å². The van der Waals surface area contributed by atoms with Crippen LogP contribution >= 0.6 is 11.3 Å². The number of rotatable bonds is 9. The average Bonchev–Trinajstić information content (AvgIpc) is 3.42. The van der Waals surface area contributed by atoms with Crippen molar-refractivity contribution in [1.82, 2.24) is 19.3 Å². The highest BCUT2D eigenvalue weighted by atomic mass is 32.2. The van der Waals surface area contributed by atoms with Crippen molar-refractivity contribution < 1.29 is 17.9 Å². The summed E-state index contributed by atoms with van der Waals surface area (Å²) in [6.45, 7) is 6.86. The Balaban J connectivity index is 1.74. The largest absolute Gasteiger partial charge is 0.481 e. The molecule has 0 saturated heterocycles. The molecule has 9 nitrogen and oxygen atoms in total. The maximum absolute atomic E-state index is 12.0. The predicted molar refractivity (Wildman–Crippen MR) is 144 cm³/mol. The lowest BCUT2D eigenvalue weighted by Gasteiger charge is -2.27. The van der Waals surface area contributed by atoms with Crippen molar-refractivity contribution in [1.29, 1.82) is 0 Å². The van der Waals surface area contributed by atoms with Gasteiger partial charge in [-0.2, -0.15) is 0 Å². The first kappa shape index (κ1) is 25.9. The number of imidazole rings is 1. The van der Waals surface area contributed by atoms with E-state index in [2.05, 4.69) is 21.5 Å². The third kappa shape index (κ3) is 6.14. The number of nitrogens with one attached hydrogen (secondary N) is 1. The molecule has 0 unspecified atom stereocenters. The van der Waals surface area contributed by atoms with Gasteiger partial charge in [-0.25, -0.2) is 23.1 Å². The molecule has 0 fully saturated rings. The standard InChI is InChI=1S/C25H29N5O4S2/c1-5-33-15-21-28-22-23(30(21)16-25(2,3)29-36(4,31)32)19-11-10-17(14-20(19)27-24(22)26)34-12-6-8-18-9-7-13-35-18/h7,9-11,13-14,29H,5,12,15-16H2,1-4H3,(H2,26,27). The van der Waals surface area contributed by atoms with E-state index in [-0.39, 0.29) is 19.0 Å². The third-order valence-corrected chi connectivity index (χ3v) is 6.96. The Bertz CT molecular complexity index is 1550. The van der Waals surface area contributed by atoms with E-state index in [1.165, 1.54) is 0 Å². The zero-order valence-corrected chi connectivity index (χ0v) is 22.3. The number of thiophene rings is 1. The van der Waals surface area contributed by atoms with E-state index < -0.39 is 15.6 Å². The summed E-state index contributed by atoms with van der Waals surface area (Å²) in [5.74, 6) is 7.61. The van der Waals surface area contributed by atoms with E-state index in [9.17, 15) is 8.42 Å². The number of sulfonamides is 1. The number of hydrogen-bond acceptors (Lipinski definition) is 8. The summed E-state index contributed by atoms with van der Waals surface area (Å²) < 4.78 is 40.0. The van der Waals surface area contributed by atoms with Crippen molar-refractivity contribution in [2.24, 2.45) is 0 Å². The molecule has 4 rings (SSSR count). The Morgan fingerprint density at radius 2 is 2.06 bits per heavy atom. The first-order valence-electron chi connectivity index (χ1n) is 11.4. The number of pyridine rings is 1. The van der Waals surface area contributed by atoms with Crippen LogP contribution in [-0.4, -0.2) is 48.0 Å². The molecule has 0 aliphatic carbocycles. The van der Waals surface area contributed by atoms with Gasteiger partial charge in [-0.15, -0.1) is 11.3 Å². The van der Waals surface area contributed by atoms with Crippen LogP contribution in [0.15, 0.2) is 35.7 Å². The van der Waals surface area contributed by atoms with Crippen molar-refractivity contribution >= 4 is 49.1 Å². The number of ether oxygens (including phenoxy) is 2. The molecule has 11 heteroatoms. The van der Waals surface area contributed by atoms with E-state index in [4.69, 9.17) is 20.2 Å². The van der Waals surface area contributed by atoms with Crippen molar-refractivity contribution in [2.45, 2.75) is 39.5 Å². The van der Waals surface area contributed by atoms with Gasteiger partial charge < -0.3 is 19.8 Å². The number of hydrogen-bond donors (Lipinski definition) is 2. The Morgan fingerprint density at radius 3 is 2.75 bits per heavy atom. The fourth-order valence-electron chi connectivity index (χ4n) is 4.02. The second kappa shape index (κ2) is 10.4. The van der Waals surface area contributed by atoms with Gasteiger partial charge in [-0.05, 0) is 44.4 Å². The number of nitrogen functional groups attached to an aromatic ring is 1. The molecular weight excluding hydrogens is 498 g/mol. The second-order valence-corrected chi connectivity index (χ2v) is 11.6. The molecule has 0 atom stereocenters. The normalized spacial score (nSPS) is 12.1. The smallest absolute Gasteiger partial charge is 0.209 e. The summed E-state index contributed by atoms with van der Waals surface area (Å²) in [7, 11) is -3.43. The molecule has 36 heavy (non-hydrogen) atoms. The number of fused-ring (bicyclic) bond motifs is 3. The molecule has 0 bridgehead atoms. The molecule has 3 N–H and O–H groups in total. The van der Waals surface area contributed by atoms with Crippen LogP contribution in [0, 0.1) is 11.8 Å². The van der Waals surface area contributed by atoms with Gasteiger partial charge in [-0.1, -0.05) is 17.9 Å². The molecule has 1 aromatic carbocycles. The van der Waals surface area contributed by atoms with Crippen LogP contribution in [0.5, 0.6) is 5.75 Å². The van der Waals surface area contributed by atoms with E-state index in [1.807, 2.05) is 61.1 Å². The fourth-order valence-corrected chi connectivity index (χ4v) is 5.68. The molecule has 3 heterocycles. The van der Waals surface area contributed by atoms with Crippen molar-refractivity contribution in [3.05, 3.63) is 46.4 Å². The summed E-state index contributed by atoms with van der Waals surface area (Å²) in [6.07, 6.45) is 1.14. The lowest BCUT2D eigenvalue weighted by atomic mass is 10.1. The molecule has 0 aliphatic rings. The highest BCUT2D eigenvalue weighted by Gasteiger charge is 2.27. The van der Waals surface area contributed by atoms with Crippen molar-refractivity contribution in [3.63, 3.8) is 0 Å². The van der Waals surface area contributed by atoms with Gasteiger partial charge in [0.2, 0.25) is 10.0 Å². The highest BCUT2D eigenvalue weighted by Crippen LogP contribution is 2.32. The van der Waals surface area contributed by atoms with Crippen LogP contribution in [0.3, 0.4) is 0 Å².